The number of hydrogen-bond acceptors (Lipinski definition) is 14. The van der Waals surface area contributed by atoms with E-state index in [2.05, 4.69) is 20.3 Å². The van der Waals surface area contributed by atoms with E-state index in [1.165, 1.54) is 0 Å². The lowest BCUT2D eigenvalue weighted by Crippen LogP contribution is -2.47. The number of carbonyl (C=O) groups is 1. The Bertz CT molecular complexity index is 1170. The van der Waals surface area contributed by atoms with Gasteiger partial charge in [0, 0.05) is 26.2 Å². The van der Waals surface area contributed by atoms with Crippen molar-refractivity contribution in [2.45, 2.75) is 43.7 Å². The summed E-state index contributed by atoms with van der Waals surface area (Å²) >= 11 is 5.79. The maximum Gasteiger partial charge on any atom is 0.280 e. The van der Waals surface area contributed by atoms with E-state index in [1.807, 2.05) is 12.1 Å². The molecule has 0 aliphatic heterocycles. The highest BCUT2D eigenvalue weighted by Crippen LogP contribution is 2.17. The van der Waals surface area contributed by atoms with Crippen molar-refractivity contribution in [3.63, 3.8) is 0 Å². The van der Waals surface area contributed by atoms with Crippen molar-refractivity contribution in [1.82, 2.24) is 20.2 Å². The molecule has 19 heteroatoms. The largest absolute Gasteiger partial charge is 0.492 e. The molecule has 4 unspecified atom stereocenters. The van der Waals surface area contributed by atoms with E-state index in [4.69, 9.17) is 43.8 Å². The molecular formula is C26H43Cl3N8O8. The first-order chi connectivity index (χ1) is 20.4. The number of halogens is 3. The highest BCUT2D eigenvalue weighted by Gasteiger charge is 2.24. The highest BCUT2D eigenvalue weighted by molar-refractivity contribution is 6.31. The summed E-state index contributed by atoms with van der Waals surface area (Å²) in [4.78, 5) is 25.5. The van der Waals surface area contributed by atoms with E-state index in [9.17, 15) is 25.2 Å². The number of nitrogens with one attached hydrogen (secondary N) is 1. The van der Waals surface area contributed by atoms with E-state index in [1.54, 1.807) is 17.0 Å². The van der Waals surface area contributed by atoms with E-state index in [0.717, 1.165) is 18.4 Å². The second-order valence-electron chi connectivity index (χ2n) is 9.70. The van der Waals surface area contributed by atoms with E-state index < -0.39 is 43.5 Å². The summed E-state index contributed by atoms with van der Waals surface area (Å²) in [6.07, 6.45) is -3.03. The number of carbonyl (C=O) groups excluding carboxylic acids is 1. The van der Waals surface area contributed by atoms with Gasteiger partial charge in [0.2, 0.25) is 0 Å². The molecule has 0 saturated carbocycles. The first-order valence-corrected chi connectivity index (χ1v) is 13.9. The van der Waals surface area contributed by atoms with Crippen LogP contribution in [0.1, 0.15) is 28.9 Å². The molecule has 0 aliphatic carbocycles. The standard InChI is InChI=1S/C26H41ClN8O8.2ClH/c27-22-24(29)33-23(28)21(32-22)25(42)34-26(30)31-8-2-1-3-15-4-6-16(7-5-15)43-10-9-35(11-17(38)19(40)13-36)12-18(39)20(41)14-37;;/h4-7,17-20,36-41H,1-3,8-14H2,(H4,28,29,33)(H3,30,31,34,42);2*1H. The number of unbranched alkanes of at least 4 members (excludes halogenated alkanes) is 1. The molecular weight excluding hydrogens is 659 g/mol. The Kier molecular flexibility index (Phi) is 20.5. The van der Waals surface area contributed by atoms with Crippen LogP contribution in [0.4, 0.5) is 11.6 Å². The van der Waals surface area contributed by atoms with Gasteiger partial charge in [0.05, 0.1) is 25.4 Å². The third kappa shape index (κ3) is 14.9. The Morgan fingerprint density at radius 1 is 0.933 bits per heavy atom. The number of guanidine groups is 1. The number of anilines is 2. The average molecular weight is 702 g/mol. The SMILES string of the molecule is Cl.Cl.NC(=NCCCCc1ccc(OCCN(CC(O)C(O)CO)CC(O)C(O)CO)cc1)NC(=O)c1nc(Cl)c(N)nc1N. The lowest BCUT2D eigenvalue weighted by Gasteiger charge is -2.29. The number of aryl methyl sites for hydroxylation is 1. The summed E-state index contributed by atoms with van der Waals surface area (Å²) in [6, 6.07) is 7.43. The number of aliphatic hydroxyl groups is 6. The van der Waals surface area contributed by atoms with Gasteiger partial charge in [0.25, 0.3) is 5.91 Å². The number of aromatic nitrogens is 2. The van der Waals surface area contributed by atoms with Gasteiger partial charge in [-0.25, -0.2) is 9.97 Å². The minimum atomic E-state index is -1.36. The van der Waals surface area contributed by atoms with Gasteiger partial charge in [-0.3, -0.25) is 20.0 Å². The lowest BCUT2D eigenvalue weighted by molar-refractivity contribution is -0.0551. The Labute approximate surface area is 278 Å². The van der Waals surface area contributed by atoms with E-state index in [0.29, 0.717) is 18.7 Å². The Hall–Kier alpha value is -2.77. The minimum Gasteiger partial charge on any atom is -0.492 e. The summed E-state index contributed by atoms with van der Waals surface area (Å²) in [5.74, 6) is -0.491. The molecule has 1 heterocycles. The molecule has 1 aromatic heterocycles. The number of aliphatic imine (C=N–C) groups is 1. The molecule has 2 rings (SSSR count). The van der Waals surface area contributed by atoms with Gasteiger partial charge < -0.3 is 52.6 Å². The molecule has 256 valence electrons. The maximum atomic E-state index is 12.3. The van der Waals surface area contributed by atoms with Crippen LogP contribution in [-0.4, -0.2) is 128 Å². The number of aliphatic hydroxyl groups excluding tert-OH is 6. The molecule has 13 N–H and O–H groups in total. The van der Waals surface area contributed by atoms with Crippen LogP contribution in [-0.2, 0) is 6.42 Å². The van der Waals surface area contributed by atoms with Crippen LogP contribution < -0.4 is 27.3 Å². The van der Waals surface area contributed by atoms with Crippen LogP contribution in [0, 0.1) is 0 Å². The van der Waals surface area contributed by atoms with Crippen LogP contribution in [0.15, 0.2) is 29.3 Å². The van der Waals surface area contributed by atoms with Crippen molar-refractivity contribution in [3.8, 4) is 5.75 Å². The zero-order valence-corrected chi connectivity index (χ0v) is 26.8. The average Bonchev–Trinajstić information content (AvgIpc) is 2.98. The van der Waals surface area contributed by atoms with Crippen LogP contribution in [0.3, 0.4) is 0 Å². The van der Waals surface area contributed by atoms with Crippen molar-refractivity contribution in [1.29, 1.82) is 0 Å². The molecule has 0 fully saturated rings. The third-order valence-electron chi connectivity index (χ3n) is 6.27. The molecule has 0 aliphatic rings. The minimum absolute atomic E-state index is 0. The molecule has 1 aromatic carbocycles. The Morgan fingerprint density at radius 3 is 2.07 bits per heavy atom. The first-order valence-electron chi connectivity index (χ1n) is 13.5. The number of nitrogens with zero attached hydrogens (tertiary/aromatic N) is 4. The molecule has 0 bridgehead atoms. The first kappa shape index (κ1) is 42.2. The fourth-order valence-electron chi connectivity index (χ4n) is 3.78. The predicted octanol–water partition coefficient (Wildman–Crippen LogP) is -1.69. The van der Waals surface area contributed by atoms with Crippen molar-refractivity contribution in [3.05, 3.63) is 40.7 Å². The zero-order chi connectivity index (χ0) is 31.9. The topological polar surface area (TPSA) is 279 Å². The zero-order valence-electron chi connectivity index (χ0n) is 24.4. The fourth-order valence-corrected chi connectivity index (χ4v) is 3.91. The lowest BCUT2D eigenvalue weighted by atomic mass is 10.1. The van der Waals surface area contributed by atoms with Crippen molar-refractivity contribution in [2.24, 2.45) is 10.7 Å². The summed E-state index contributed by atoms with van der Waals surface area (Å²) in [5, 5.41) is 59.7. The molecule has 4 atom stereocenters. The van der Waals surface area contributed by atoms with Gasteiger partial charge in [-0.1, -0.05) is 23.7 Å². The number of nitrogen functional groups attached to an aromatic ring is 2. The molecule has 0 spiro atoms. The molecule has 45 heavy (non-hydrogen) atoms. The number of amides is 1. The summed E-state index contributed by atoms with van der Waals surface area (Å²) < 4.78 is 5.76. The summed E-state index contributed by atoms with van der Waals surface area (Å²) in [5.41, 5.74) is 17.8. The Balaban J connectivity index is 0.00000968. The van der Waals surface area contributed by atoms with Crippen LogP contribution >= 0.6 is 36.4 Å². The molecule has 16 nitrogen and oxygen atoms in total. The molecule has 1 amide bonds. The monoisotopic (exact) mass is 700 g/mol. The third-order valence-corrected chi connectivity index (χ3v) is 6.55. The predicted molar refractivity (Wildman–Crippen MR) is 174 cm³/mol. The fraction of sp³-hybridized carbons (Fsp3) is 0.538. The van der Waals surface area contributed by atoms with Crippen LogP contribution in [0.2, 0.25) is 5.15 Å². The number of nitrogens with two attached hydrogens (primary N) is 3. The second-order valence-corrected chi connectivity index (χ2v) is 10.1. The number of hydrogen-bond donors (Lipinski definition) is 10. The smallest absolute Gasteiger partial charge is 0.280 e. The van der Waals surface area contributed by atoms with Crippen LogP contribution in [0.5, 0.6) is 5.75 Å². The van der Waals surface area contributed by atoms with Gasteiger partial charge in [0.1, 0.15) is 24.6 Å². The quantitative estimate of drug-likeness (QED) is 0.0472. The maximum absolute atomic E-state index is 12.3. The summed E-state index contributed by atoms with van der Waals surface area (Å²) in [6.45, 7) is -0.681. The normalized spacial score (nSPS) is 14.1. The number of rotatable bonds is 18. The van der Waals surface area contributed by atoms with Crippen molar-refractivity contribution >= 4 is 59.9 Å². The number of benzene rings is 1. The number of ether oxygens (including phenoxy) is 1. The summed E-state index contributed by atoms with van der Waals surface area (Å²) in [7, 11) is 0. The molecule has 2 aromatic rings. The van der Waals surface area contributed by atoms with E-state index in [-0.39, 0.29) is 79.5 Å². The van der Waals surface area contributed by atoms with Crippen molar-refractivity contribution < 1.29 is 40.2 Å². The Morgan fingerprint density at radius 2 is 1.51 bits per heavy atom. The van der Waals surface area contributed by atoms with Gasteiger partial charge in [-0.05, 0) is 37.0 Å². The second kappa shape index (κ2) is 21.9. The van der Waals surface area contributed by atoms with Gasteiger partial charge in [-0.2, -0.15) is 0 Å². The van der Waals surface area contributed by atoms with Gasteiger partial charge >= 0.3 is 0 Å². The molecule has 0 saturated heterocycles. The molecule has 0 radical (unpaired) electrons. The van der Waals surface area contributed by atoms with Crippen LogP contribution in [0.25, 0.3) is 0 Å². The van der Waals surface area contributed by atoms with E-state index >= 15 is 0 Å². The highest BCUT2D eigenvalue weighted by atomic mass is 35.5. The van der Waals surface area contributed by atoms with Gasteiger partial charge in [0.15, 0.2) is 28.4 Å². The van der Waals surface area contributed by atoms with Gasteiger partial charge in [-0.15, -0.1) is 24.8 Å². The van der Waals surface area contributed by atoms with Crippen molar-refractivity contribution in [2.75, 3.05) is 57.5 Å².